The van der Waals surface area contributed by atoms with E-state index in [1.54, 1.807) is 24.3 Å². The summed E-state index contributed by atoms with van der Waals surface area (Å²) < 4.78 is 10.5. The molecular weight excluding hydrogens is 330 g/mol. The number of carbonyl (C=O) groups is 1. The molecule has 0 saturated heterocycles. The largest absolute Gasteiger partial charge is 0.493 e. The van der Waals surface area contributed by atoms with Gasteiger partial charge in [-0.25, -0.2) is 4.79 Å². The topological polar surface area (TPSA) is 68.5 Å². The third-order valence-corrected chi connectivity index (χ3v) is 4.20. The van der Waals surface area contributed by atoms with Gasteiger partial charge < -0.3 is 14.5 Å². The first-order valence-corrected chi connectivity index (χ1v) is 8.07. The number of methoxy groups -OCH3 is 1. The van der Waals surface area contributed by atoms with Gasteiger partial charge in [0.1, 0.15) is 5.56 Å². The minimum Gasteiger partial charge on any atom is -0.493 e. The molecule has 0 fully saturated rings. The Bertz CT molecular complexity index is 1190. The van der Waals surface area contributed by atoms with Crippen LogP contribution in [0.1, 0.15) is 10.4 Å². The molecule has 5 heteroatoms. The predicted molar refractivity (Wildman–Crippen MR) is 101 cm³/mol. The van der Waals surface area contributed by atoms with Crippen molar-refractivity contribution in [2.45, 2.75) is 0 Å². The number of carbonyl (C=O) groups excluding carboxylic acids is 1. The van der Waals surface area contributed by atoms with Crippen LogP contribution in [0.25, 0.3) is 21.7 Å². The first kappa shape index (κ1) is 15.9. The molecule has 1 amide bonds. The lowest BCUT2D eigenvalue weighted by Crippen LogP contribution is -2.20. The molecule has 0 spiro atoms. The summed E-state index contributed by atoms with van der Waals surface area (Å²) in [5.41, 5.74) is 0.167. The van der Waals surface area contributed by atoms with E-state index < -0.39 is 11.5 Å². The van der Waals surface area contributed by atoms with Gasteiger partial charge in [-0.1, -0.05) is 42.5 Å². The van der Waals surface area contributed by atoms with Gasteiger partial charge in [-0.3, -0.25) is 4.79 Å². The molecule has 4 rings (SSSR count). The summed E-state index contributed by atoms with van der Waals surface area (Å²) in [4.78, 5) is 24.8. The Morgan fingerprint density at radius 1 is 0.923 bits per heavy atom. The average Bonchev–Trinajstić information content (AvgIpc) is 2.66. The summed E-state index contributed by atoms with van der Waals surface area (Å²) in [6.45, 7) is 0. The van der Waals surface area contributed by atoms with Crippen molar-refractivity contribution < 1.29 is 13.9 Å². The molecule has 0 saturated carbocycles. The molecule has 0 unspecified atom stereocenters. The quantitative estimate of drug-likeness (QED) is 0.565. The van der Waals surface area contributed by atoms with Crippen molar-refractivity contribution in [1.29, 1.82) is 0 Å². The highest BCUT2D eigenvalue weighted by atomic mass is 16.5. The molecule has 1 N–H and O–H groups in total. The molecule has 128 valence electrons. The van der Waals surface area contributed by atoms with Crippen LogP contribution in [-0.2, 0) is 0 Å². The fraction of sp³-hybridized carbons (Fsp3) is 0.0476. The van der Waals surface area contributed by atoms with Crippen LogP contribution in [0.5, 0.6) is 5.75 Å². The van der Waals surface area contributed by atoms with Crippen LogP contribution in [0, 0.1) is 0 Å². The molecule has 0 bridgehead atoms. The van der Waals surface area contributed by atoms with Crippen LogP contribution in [0.3, 0.4) is 0 Å². The second kappa shape index (κ2) is 6.37. The lowest BCUT2D eigenvalue weighted by Gasteiger charge is -2.08. The van der Waals surface area contributed by atoms with Gasteiger partial charge in [-0.15, -0.1) is 0 Å². The monoisotopic (exact) mass is 345 g/mol. The fourth-order valence-electron chi connectivity index (χ4n) is 2.90. The summed E-state index contributed by atoms with van der Waals surface area (Å²) in [6.07, 6.45) is 0. The highest BCUT2D eigenvalue weighted by molar-refractivity contribution is 6.06. The van der Waals surface area contributed by atoms with Crippen molar-refractivity contribution in [3.63, 3.8) is 0 Å². The molecule has 26 heavy (non-hydrogen) atoms. The summed E-state index contributed by atoms with van der Waals surface area (Å²) in [5, 5.41) is 5.45. The van der Waals surface area contributed by atoms with E-state index in [1.165, 1.54) is 13.2 Å². The van der Waals surface area contributed by atoms with Gasteiger partial charge in [0.2, 0.25) is 0 Å². The van der Waals surface area contributed by atoms with E-state index in [0.29, 0.717) is 22.4 Å². The smallest absolute Gasteiger partial charge is 0.349 e. The van der Waals surface area contributed by atoms with E-state index >= 15 is 0 Å². The summed E-state index contributed by atoms with van der Waals surface area (Å²) in [5.74, 6) is -0.0696. The number of anilines is 1. The van der Waals surface area contributed by atoms with Crippen molar-refractivity contribution in [1.82, 2.24) is 0 Å². The Hall–Kier alpha value is -3.60. The van der Waals surface area contributed by atoms with Gasteiger partial charge in [0.15, 0.2) is 11.3 Å². The minimum absolute atomic E-state index is 0.0566. The third kappa shape index (κ3) is 2.80. The first-order chi connectivity index (χ1) is 12.7. The van der Waals surface area contributed by atoms with Gasteiger partial charge in [0, 0.05) is 11.1 Å². The van der Waals surface area contributed by atoms with E-state index in [2.05, 4.69) is 5.32 Å². The molecule has 0 atom stereocenters. The van der Waals surface area contributed by atoms with E-state index in [0.717, 1.165) is 10.8 Å². The summed E-state index contributed by atoms with van der Waals surface area (Å²) >= 11 is 0. The number of rotatable bonds is 3. The van der Waals surface area contributed by atoms with Gasteiger partial charge in [-0.05, 0) is 35.0 Å². The standard InChI is InChI=1S/C21H15NO4/c1-25-18-8-4-7-15-12-17(21(24)26-19(15)18)20(23)22-16-10-9-13-5-2-3-6-14(13)11-16/h2-12H,1H3,(H,22,23). The number of ether oxygens (including phenoxy) is 1. The minimum atomic E-state index is -0.708. The lowest BCUT2D eigenvalue weighted by molar-refractivity contribution is 0.102. The number of amides is 1. The molecule has 1 heterocycles. The fourth-order valence-corrected chi connectivity index (χ4v) is 2.90. The van der Waals surface area contributed by atoms with Gasteiger partial charge in [-0.2, -0.15) is 0 Å². The van der Waals surface area contributed by atoms with Crippen LogP contribution in [0.4, 0.5) is 5.69 Å². The Kier molecular flexibility index (Phi) is 3.89. The molecular formula is C21H15NO4. The Morgan fingerprint density at radius 2 is 1.69 bits per heavy atom. The normalized spacial score (nSPS) is 10.8. The highest BCUT2D eigenvalue weighted by Gasteiger charge is 2.15. The third-order valence-electron chi connectivity index (χ3n) is 4.20. The molecule has 4 aromatic rings. The SMILES string of the molecule is COc1cccc2cc(C(=O)Nc3ccc4ccccc4c3)c(=O)oc12. The van der Waals surface area contributed by atoms with Crippen LogP contribution in [-0.4, -0.2) is 13.0 Å². The van der Waals surface area contributed by atoms with Crippen molar-refractivity contribution in [2.75, 3.05) is 12.4 Å². The van der Waals surface area contributed by atoms with E-state index in [-0.39, 0.29) is 5.56 Å². The zero-order valence-electron chi connectivity index (χ0n) is 14.0. The second-order valence-electron chi connectivity index (χ2n) is 5.84. The molecule has 0 aliphatic rings. The lowest BCUT2D eigenvalue weighted by atomic mass is 10.1. The number of benzene rings is 3. The van der Waals surface area contributed by atoms with Crippen molar-refractivity contribution in [3.8, 4) is 5.75 Å². The van der Waals surface area contributed by atoms with Gasteiger partial charge >= 0.3 is 5.63 Å². The van der Waals surface area contributed by atoms with Crippen LogP contribution in [0.2, 0.25) is 0 Å². The first-order valence-electron chi connectivity index (χ1n) is 8.07. The number of para-hydroxylation sites is 1. The predicted octanol–water partition coefficient (Wildman–Crippen LogP) is 4.21. The van der Waals surface area contributed by atoms with Crippen LogP contribution in [0.15, 0.2) is 75.9 Å². The molecule has 0 radical (unpaired) electrons. The zero-order chi connectivity index (χ0) is 18.1. The molecule has 0 aliphatic heterocycles. The summed E-state index contributed by atoms with van der Waals surface area (Å²) in [7, 11) is 1.50. The Balaban J connectivity index is 1.71. The molecule has 3 aromatic carbocycles. The van der Waals surface area contributed by atoms with Crippen molar-refractivity contribution in [2.24, 2.45) is 0 Å². The van der Waals surface area contributed by atoms with E-state index in [9.17, 15) is 9.59 Å². The number of hydrogen-bond acceptors (Lipinski definition) is 4. The van der Waals surface area contributed by atoms with E-state index in [4.69, 9.17) is 9.15 Å². The van der Waals surface area contributed by atoms with Gasteiger partial charge in [0.05, 0.1) is 7.11 Å². The number of fused-ring (bicyclic) bond motifs is 2. The molecule has 0 aliphatic carbocycles. The maximum absolute atomic E-state index is 12.6. The number of hydrogen-bond donors (Lipinski definition) is 1. The van der Waals surface area contributed by atoms with Gasteiger partial charge in [0.25, 0.3) is 5.91 Å². The van der Waals surface area contributed by atoms with Crippen molar-refractivity contribution in [3.05, 3.63) is 82.7 Å². The maximum atomic E-state index is 12.6. The van der Waals surface area contributed by atoms with Crippen LogP contribution >= 0.6 is 0 Å². The Labute approximate surface area is 148 Å². The molecule has 1 aromatic heterocycles. The Morgan fingerprint density at radius 3 is 2.50 bits per heavy atom. The van der Waals surface area contributed by atoms with Crippen LogP contribution < -0.4 is 15.7 Å². The maximum Gasteiger partial charge on any atom is 0.349 e. The average molecular weight is 345 g/mol. The molecule has 5 nitrogen and oxygen atoms in total. The van der Waals surface area contributed by atoms with E-state index in [1.807, 2.05) is 36.4 Å². The zero-order valence-corrected chi connectivity index (χ0v) is 14.0. The number of nitrogens with one attached hydrogen (secondary N) is 1. The summed E-state index contributed by atoms with van der Waals surface area (Å²) in [6, 6.07) is 20.1. The van der Waals surface area contributed by atoms with Crippen molar-refractivity contribution >= 4 is 33.3 Å². The second-order valence-corrected chi connectivity index (χ2v) is 5.84. The highest BCUT2D eigenvalue weighted by Crippen LogP contribution is 2.25.